The second kappa shape index (κ2) is 8.43. The fourth-order valence-corrected chi connectivity index (χ4v) is 2.19. The van der Waals surface area contributed by atoms with E-state index in [2.05, 4.69) is 26.6 Å². The minimum Gasteiger partial charge on any atom is -0.354 e. The lowest BCUT2D eigenvalue weighted by atomic mass is 10.1. The molecular weight excluding hydrogens is 363 g/mol. The van der Waals surface area contributed by atoms with Crippen LogP contribution in [0.25, 0.3) is 0 Å². The van der Waals surface area contributed by atoms with Crippen molar-refractivity contribution in [1.82, 2.24) is 10.6 Å². The molecular formula is C17H16BrFN2O2. The first-order chi connectivity index (χ1) is 11.0. The minimum atomic E-state index is -0.300. The van der Waals surface area contributed by atoms with Gasteiger partial charge in [-0.1, -0.05) is 28.1 Å². The standard InChI is InChI=1S/C17H16BrFN2O2/c18-14-5-3-13(4-6-14)17(23)21-11-16(22)20-10-9-12-1-7-15(19)8-2-12/h1-8H,9-11H2,(H,20,22)(H,21,23). The Balaban J connectivity index is 1.69. The molecule has 4 nitrogen and oxygen atoms in total. The number of carbonyl (C=O) groups excluding carboxylic acids is 2. The summed E-state index contributed by atoms with van der Waals surface area (Å²) in [5.41, 5.74) is 1.43. The van der Waals surface area contributed by atoms with Crippen LogP contribution in [0.15, 0.2) is 53.0 Å². The predicted molar refractivity (Wildman–Crippen MR) is 89.6 cm³/mol. The average molecular weight is 379 g/mol. The fraction of sp³-hybridized carbons (Fsp3) is 0.176. The summed E-state index contributed by atoms with van der Waals surface area (Å²) < 4.78 is 13.6. The van der Waals surface area contributed by atoms with E-state index < -0.39 is 0 Å². The molecule has 0 aliphatic carbocycles. The predicted octanol–water partition coefficient (Wildman–Crippen LogP) is 2.68. The highest BCUT2D eigenvalue weighted by atomic mass is 79.9. The minimum absolute atomic E-state index is 0.0850. The lowest BCUT2D eigenvalue weighted by Gasteiger charge is -2.07. The highest BCUT2D eigenvalue weighted by Crippen LogP contribution is 2.10. The molecule has 6 heteroatoms. The molecule has 2 rings (SSSR count). The Labute approximate surface area is 142 Å². The van der Waals surface area contributed by atoms with E-state index in [0.717, 1.165) is 10.0 Å². The van der Waals surface area contributed by atoms with E-state index in [9.17, 15) is 14.0 Å². The van der Waals surface area contributed by atoms with Crippen molar-refractivity contribution < 1.29 is 14.0 Å². The maximum Gasteiger partial charge on any atom is 0.251 e. The number of rotatable bonds is 6. The average Bonchev–Trinajstić information content (AvgIpc) is 2.55. The van der Waals surface area contributed by atoms with E-state index in [0.29, 0.717) is 18.5 Å². The van der Waals surface area contributed by atoms with Gasteiger partial charge in [-0.05, 0) is 48.4 Å². The molecule has 2 aromatic rings. The van der Waals surface area contributed by atoms with Gasteiger partial charge >= 0.3 is 0 Å². The van der Waals surface area contributed by atoms with Crippen LogP contribution < -0.4 is 10.6 Å². The SMILES string of the molecule is O=C(CNC(=O)c1ccc(Br)cc1)NCCc1ccc(F)cc1. The number of hydrogen-bond acceptors (Lipinski definition) is 2. The second-order valence-electron chi connectivity index (χ2n) is 4.92. The molecule has 2 amide bonds. The largest absolute Gasteiger partial charge is 0.354 e. The lowest BCUT2D eigenvalue weighted by Crippen LogP contribution is -2.37. The summed E-state index contributed by atoms with van der Waals surface area (Å²) in [6.45, 7) is 0.344. The molecule has 0 saturated carbocycles. The Morgan fingerprint density at radius 3 is 2.26 bits per heavy atom. The van der Waals surface area contributed by atoms with E-state index in [1.165, 1.54) is 12.1 Å². The van der Waals surface area contributed by atoms with Gasteiger partial charge in [0.2, 0.25) is 5.91 Å². The molecule has 120 valence electrons. The molecule has 2 N–H and O–H groups in total. The van der Waals surface area contributed by atoms with E-state index in [1.807, 2.05) is 0 Å². The van der Waals surface area contributed by atoms with E-state index >= 15 is 0 Å². The van der Waals surface area contributed by atoms with Crippen LogP contribution in [0.2, 0.25) is 0 Å². The number of halogens is 2. The lowest BCUT2D eigenvalue weighted by molar-refractivity contribution is -0.120. The van der Waals surface area contributed by atoms with E-state index in [1.54, 1.807) is 36.4 Å². The molecule has 0 aliphatic heterocycles. The number of hydrogen-bond donors (Lipinski definition) is 2. The molecule has 23 heavy (non-hydrogen) atoms. The Morgan fingerprint density at radius 1 is 0.957 bits per heavy atom. The third-order valence-corrected chi connectivity index (χ3v) is 3.69. The third kappa shape index (κ3) is 5.83. The molecule has 0 radical (unpaired) electrons. The van der Waals surface area contributed by atoms with Crippen molar-refractivity contribution in [2.24, 2.45) is 0 Å². The first-order valence-corrected chi connectivity index (χ1v) is 7.89. The zero-order valence-electron chi connectivity index (χ0n) is 12.3. The molecule has 0 aromatic heterocycles. The van der Waals surface area contributed by atoms with Crippen molar-refractivity contribution in [3.05, 3.63) is 69.9 Å². The summed E-state index contributed by atoms with van der Waals surface area (Å²) in [7, 11) is 0. The van der Waals surface area contributed by atoms with Gasteiger partial charge in [0.25, 0.3) is 5.91 Å². The zero-order valence-corrected chi connectivity index (χ0v) is 13.9. The summed E-state index contributed by atoms with van der Waals surface area (Å²) in [6.07, 6.45) is 0.604. The number of carbonyl (C=O) groups is 2. The van der Waals surface area contributed by atoms with Crippen molar-refractivity contribution in [3.8, 4) is 0 Å². The first-order valence-electron chi connectivity index (χ1n) is 7.09. The molecule has 0 bridgehead atoms. The van der Waals surface area contributed by atoms with Crippen LogP contribution in [0.5, 0.6) is 0 Å². The van der Waals surface area contributed by atoms with Crippen LogP contribution in [0, 0.1) is 5.82 Å². The van der Waals surface area contributed by atoms with Crippen molar-refractivity contribution >= 4 is 27.7 Å². The van der Waals surface area contributed by atoms with Gasteiger partial charge in [0.1, 0.15) is 5.82 Å². The van der Waals surface area contributed by atoms with Gasteiger partial charge < -0.3 is 10.6 Å². The number of amides is 2. The van der Waals surface area contributed by atoms with Gasteiger partial charge in [-0.15, -0.1) is 0 Å². The highest BCUT2D eigenvalue weighted by molar-refractivity contribution is 9.10. The summed E-state index contributed by atoms with van der Waals surface area (Å²) in [5.74, 6) is -0.850. The Kier molecular flexibility index (Phi) is 6.29. The van der Waals surface area contributed by atoms with Crippen LogP contribution in [-0.2, 0) is 11.2 Å². The van der Waals surface area contributed by atoms with Crippen LogP contribution in [0.1, 0.15) is 15.9 Å². The van der Waals surface area contributed by atoms with Crippen LogP contribution in [0.3, 0.4) is 0 Å². The van der Waals surface area contributed by atoms with E-state index in [4.69, 9.17) is 0 Å². The van der Waals surface area contributed by atoms with Crippen molar-refractivity contribution in [2.75, 3.05) is 13.1 Å². The van der Waals surface area contributed by atoms with Gasteiger partial charge in [0, 0.05) is 16.6 Å². The zero-order chi connectivity index (χ0) is 16.7. The van der Waals surface area contributed by atoms with E-state index in [-0.39, 0.29) is 24.2 Å². The maximum atomic E-state index is 12.8. The molecule has 0 heterocycles. The molecule has 2 aromatic carbocycles. The highest BCUT2D eigenvalue weighted by Gasteiger charge is 2.07. The monoisotopic (exact) mass is 378 g/mol. The second-order valence-corrected chi connectivity index (χ2v) is 5.83. The van der Waals surface area contributed by atoms with Gasteiger partial charge in [0.05, 0.1) is 6.54 Å². The van der Waals surface area contributed by atoms with Gasteiger partial charge in [-0.25, -0.2) is 4.39 Å². The third-order valence-electron chi connectivity index (χ3n) is 3.17. The molecule has 0 saturated heterocycles. The van der Waals surface area contributed by atoms with Crippen LogP contribution in [-0.4, -0.2) is 24.9 Å². The van der Waals surface area contributed by atoms with Crippen LogP contribution in [0.4, 0.5) is 4.39 Å². The summed E-state index contributed by atoms with van der Waals surface area (Å²) in [6, 6.07) is 13.0. The molecule has 0 spiro atoms. The molecule has 0 unspecified atom stereocenters. The summed E-state index contributed by atoms with van der Waals surface area (Å²) >= 11 is 3.29. The Hall–Kier alpha value is -2.21. The Morgan fingerprint density at radius 2 is 1.61 bits per heavy atom. The molecule has 0 aliphatic rings. The smallest absolute Gasteiger partial charge is 0.251 e. The quantitative estimate of drug-likeness (QED) is 0.811. The summed E-state index contributed by atoms with van der Waals surface area (Å²) in [4.78, 5) is 23.5. The normalized spacial score (nSPS) is 10.2. The van der Waals surface area contributed by atoms with Crippen LogP contribution >= 0.6 is 15.9 Å². The van der Waals surface area contributed by atoms with Crippen molar-refractivity contribution in [3.63, 3.8) is 0 Å². The number of benzene rings is 2. The van der Waals surface area contributed by atoms with Crippen molar-refractivity contribution in [1.29, 1.82) is 0 Å². The van der Waals surface area contributed by atoms with Gasteiger partial charge in [-0.2, -0.15) is 0 Å². The number of nitrogens with one attached hydrogen (secondary N) is 2. The first kappa shape index (κ1) is 17.1. The molecule has 0 fully saturated rings. The topological polar surface area (TPSA) is 58.2 Å². The van der Waals surface area contributed by atoms with Gasteiger partial charge in [-0.3, -0.25) is 9.59 Å². The fourth-order valence-electron chi connectivity index (χ4n) is 1.92. The van der Waals surface area contributed by atoms with Gasteiger partial charge in [0.15, 0.2) is 0 Å². The van der Waals surface area contributed by atoms with Crippen molar-refractivity contribution in [2.45, 2.75) is 6.42 Å². The maximum absolute atomic E-state index is 12.8. The molecule has 0 atom stereocenters. The Bertz CT molecular complexity index is 672. The summed E-state index contributed by atoms with van der Waals surface area (Å²) in [5, 5.41) is 5.27.